The highest BCUT2D eigenvalue weighted by Gasteiger charge is 1.93. The molecule has 1 rings (SSSR count). The highest BCUT2D eigenvalue weighted by Crippen LogP contribution is 2.09. The van der Waals surface area contributed by atoms with E-state index in [1.54, 1.807) is 0 Å². The van der Waals surface area contributed by atoms with Crippen LogP contribution in [0.3, 0.4) is 0 Å². The Morgan fingerprint density at radius 3 is 3.00 bits per heavy atom. The summed E-state index contributed by atoms with van der Waals surface area (Å²) in [6.45, 7) is 3.46. The summed E-state index contributed by atoms with van der Waals surface area (Å²) in [5.41, 5.74) is 0. The lowest BCUT2D eigenvalue weighted by molar-refractivity contribution is 0.366. The van der Waals surface area contributed by atoms with Crippen molar-refractivity contribution in [2.45, 2.75) is 12.8 Å². The highest BCUT2D eigenvalue weighted by molar-refractivity contribution is 5.16. The van der Waals surface area contributed by atoms with E-state index in [2.05, 4.69) is 18.7 Å². The van der Waals surface area contributed by atoms with Gasteiger partial charge in [-0.3, -0.25) is 0 Å². The first kappa shape index (κ1) is 6.14. The average molecular weight is 122 g/mol. The first-order valence-electron chi connectivity index (χ1n) is 3.08. The van der Waals surface area contributed by atoms with Crippen LogP contribution in [0.2, 0.25) is 0 Å². The topological polar surface area (TPSA) is 9.23 Å². The zero-order valence-electron chi connectivity index (χ0n) is 5.34. The summed E-state index contributed by atoms with van der Waals surface area (Å²) in [5, 5.41) is 0. The molecule has 0 bridgehead atoms. The third kappa shape index (κ3) is 1.76. The van der Waals surface area contributed by atoms with Crippen LogP contribution in [-0.2, 0) is 4.74 Å². The molecule has 0 atom stereocenters. The van der Waals surface area contributed by atoms with Gasteiger partial charge in [-0.1, -0.05) is 12.7 Å². The van der Waals surface area contributed by atoms with Crippen LogP contribution in [0.25, 0.3) is 0 Å². The maximum Gasteiger partial charge on any atom is 0.122 e. The predicted molar refractivity (Wildman–Crippen MR) is 37.7 cm³/mol. The second-order valence-corrected chi connectivity index (χ2v) is 1.87. The van der Waals surface area contributed by atoms with Crippen LogP contribution in [0.15, 0.2) is 36.8 Å². The van der Waals surface area contributed by atoms with Crippen LogP contribution in [0.1, 0.15) is 12.8 Å². The van der Waals surface area contributed by atoms with Crippen molar-refractivity contribution < 1.29 is 4.74 Å². The molecule has 0 radical (unpaired) electrons. The third-order valence-corrected chi connectivity index (χ3v) is 1.18. The van der Waals surface area contributed by atoms with E-state index in [0.717, 1.165) is 18.6 Å². The Balaban J connectivity index is 2.47. The Hall–Kier alpha value is -0.980. The van der Waals surface area contributed by atoms with Crippen LogP contribution in [0.5, 0.6) is 0 Å². The number of ether oxygens (including phenoxy) is 1. The second kappa shape index (κ2) is 3.13. The molecule has 48 valence electrons. The monoisotopic (exact) mass is 122 g/mol. The van der Waals surface area contributed by atoms with Gasteiger partial charge in [-0.25, -0.2) is 0 Å². The number of hydrogen-bond donors (Lipinski definition) is 0. The highest BCUT2D eigenvalue weighted by atomic mass is 16.5. The lowest BCUT2D eigenvalue weighted by Crippen LogP contribution is -1.84. The Bertz CT molecular complexity index is 154. The molecule has 0 amide bonds. The Morgan fingerprint density at radius 1 is 1.56 bits per heavy atom. The van der Waals surface area contributed by atoms with Gasteiger partial charge in [-0.15, -0.1) is 0 Å². The molecule has 0 unspecified atom stereocenters. The van der Waals surface area contributed by atoms with Crippen LogP contribution in [0.4, 0.5) is 0 Å². The van der Waals surface area contributed by atoms with Crippen LogP contribution in [-0.4, -0.2) is 0 Å². The van der Waals surface area contributed by atoms with E-state index in [-0.39, 0.29) is 0 Å². The molecule has 0 aliphatic heterocycles. The van der Waals surface area contributed by atoms with E-state index in [1.165, 1.54) is 6.26 Å². The minimum Gasteiger partial charge on any atom is -0.466 e. The van der Waals surface area contributed by atoms with E-state index >= 15 is 0 Å². The molecule has 1 aliphatic rings. The van der Waals surface area contributed by atoms with Gasteiger partial charge in [0.15, 0.2) is 0 Å². The Kier molecular flexibility index (Phi) is 2.13. The zero-order valence-corrected chi connectivity index (χ0v) is 5.34. The fourth-order valence-corrected chi connectivity index (χ4v) is 0.773. The average Bonchev–Trinajstić information content (AvgIpc) is 1.91. The zero-order chi connectivity index (χ0) is 6.53. The lowest BCUT2D eigenvalue weighted by Gasteiger charge is -2.03. The second-order valence-electron chi connectivity index (χ2n) is 1.87. The summed E-state index contributed by atoms with van der Waals surface area (Å²) in [4.78, 5) is 0. The van der Waals surface area contributed by atoms with Crippen LogP contribution < -0.4 is 0 Å². The van der Waals surface area contributed by atoms with Gasteiger partial charge in [0.25, 0.3) is 0 Å². The van der Waals surface area contributed by atoms with Crippen molar-refractivity contribution in [2.24, 2.45) is 0 Å². The summed E-state index contributed by atoms with van der Waals surface area (Å²) in [6, 6.07) is 0. The van der Waals surface area contributed by atoms with Gasteiger partial charge in [0.2, 0.25) is 0 Å². The molecule has 1 heteroatoms. The number of allylic oxidation sites excluding steroid dienone is 3. The standard InChI is InChI=1S/C8H10O/c1-2-9-8-6-4-3-5-7-8/h2,4,6-7H,1,3,5H2. The summed E-state index contributed by atoms with van der Waals surface area (Å²) < 4.78 is 5.02. The molecule has 0 spiro atoms. The minimum atomic E-state index is 0.913. The first-order chi connectivity index (χ1) is 4.43. The van der Waals surface area contributed by atoms with E-state index in [4.69, 9.17) is 4.74 Å². The van der Waals surface area contributed by atoms with Crippen LogP contribution >= 0.6 is 0 Å². The Morgan fingerprint density at radius 2 is 2.44 bits per heavy atom. The smallest absolute Gasteiger partial charge is 0.122 e. The summed E-state index contributed by atoms with van der Waals surface area (Å²) in [6.07, 6.45) is 9.77. The first-order valence-corrected chi connectivity index (χ1v) is 3.08. The molecule has 9 heavy (non-hydrogen) atoms. The molecular weight excluding hydrogens is 112 g/mol. The van der Waals surface area contributed by atoms with Crippen molar-refractivity contribution in [2.75, 3.05) is 0 Å². The van der Waals surface area contributed by atoms with Gasteiger partial charge in [-0.2, -0.15) is 0 Å². The molecule has 0 fully saturated rings. The molecule has 0 aromatic heterocycles. The third-order valence-electron chi connectivity index (χ3n) is 1.18. The minimum absolute atomic E-state index is 0.913. The van der Waals surface area contributed by atoms with Crippen molar-refractivity contribution in [3.8, 4) is 0 Å². The van der Waals surface area contributed by atoms with E-state index in [0.29, 0.717) is 0 Å². The predicted octanol–water partition coefficient (Wildman–Crippen LogP) is 2.38. The van der Waals surface area contributed by atoms with Gasteiger partial charge in [-0.05, 0) is 25.0 Å². The molecule has 0 saturated heterocycles. The maximum absolute atomic E-state index is 5.02. The molecule has 0 saturated carbocycles. The number of hydrogen-bond acceptors (Lipinski definition) is 1. The summed E-state index contributed by atoms with van der Waals surface area (Å²) in [7, 11) is 0. The molecule has 0 heterocycles. The molecule has 1 aliphatic carbocycles. The van der Waals surface area contributed by atoms with Crippen molar-refractivity contribution in [1.29, 1.82) is 0 Å². The van der Waals surface area contributed by atoms with Gasteiger partial charge in [0, 0.05) is 0 Å². The fraction of sp³-hybridized carbons (Fsp3) is 0.250. The maximum atomic E-state index is 5.02. The quantitative estimate of drug-likeness (QED) is 0.511. The Labute approximate surface area is 55.3 Å². The number of rotatable bonds is 2. The van der Waals surface area contributed by atoms with E-state index in [1.807, 2.05) is 6.08 Å². The SMILES string of the molecule is C=COC1=CCCC=C1. The normalized spacial score (nSPS) is 16.7. The van der Waals surface area contributed by atoms with Gasteiger partial charge < -0.3 is 4.74 Å². The van der Waals surface area contributed by atoms with E-state index in [9.17, 15) is 0 Å². The van der Waals surface area contributed by atoms with Crippen molar-refractivity contribution in [1.82, 2.24) is 0 Å². The lowest BCUT2D eigenvalue weighted by atomic mass is 10.2. The van der Waals surface area contributed by atoms with Gasteiger partial charge >= 0.3 is 0 Å². The molecule has 0 N–H and O–H groups in total. The molecule has 1 nitrogen and oxygen atoms in total. The van der Waals surface area contributed by atoms with E-state index < -0.39 is 0 Å². The van der Waals surface area contributed by atoms with Crippen molar-refractivity contribution in [3.05, 3.63) is 36.8 Å². The largest absolute Gasteiger partial charge is 0.466 e. The molecule has 0 aromatic carbocycles. The molecular formula is C8H10O. The van der Waals surface area contributed by atoms with Gasteiger partial charge in [0.05, 0.1) is 6.26 Å². The summed E-state index contributed by atoms with van der Waals surface area (Å²) in [5.74, 6) is 0.913. The van der Waals surface area contributed by atoms with Crippen molar-refractivity contribution in [3.63, 3.8) is 0 Å². The van der Waals surface area contributed by atoms with Crippen molar-refractivity contribution >= 4 is 0 Å². The van der Waals surface area contributed by atoms with Crippen LogP contribution in [0, 0.1) is 0 Å². The fourth-order valence-electron chi connectivity index (χ4n) is 0.773. The van der Waals surface area contributed by atoms with Gasteiger partial charge in [0.1, 0.15) is 5.76 Å². The molecule has 0 aromatic rings. The summed E-state index contributed by atoms with van der Waals surface area (Å²) >= 11 is 0.